The molecule has 3 rings (SSSR count). The van der Waals surface area contributed by atoms with Gasteiger partial charge in [0, 0.05) is 4.47 Å². The van der Waals surface area contributed by atoms with Gasteiger partial charge < -0.3 is 0 Å². The molecule has 0 amide bonds. The second kappa shape index (κ2) is 6.66. The van der Waals surface area contributed by atoms with E-state index < -0.39 is 10.0 Å². The Morgan fingerprint density at radius 3 is 2.48 bits per heavy atom. The van der Waals surface area contributed by atoms with Crippen LogP contribution in [0.4, 0.5) is 0 Å². The molecule has 1 N–H and O–H groups in total. The molecule has 0 aliphatic rings. The average Bonchev–Trinajstić information content (AvgIpc) is 2.86. The lowest BCUT2D eigenvalue weighted by Crippen LogP contribution is -2.23. The number of halogens is 3. The smallest absolute Gasteiger partial charge is 0.240 e. The molecule has 4 nitrogen and oxygen atoms in total. The number of thiazole rings is 1. The zero-order valence-electron chi connectivity index (χ0n) is 11.4. The third-order valence-electron chi connectivity index (χ3n) is 2.98. The number of fused-ring (bicyclic) bond motifs is 1. The maximum Gasteiger partial charge on any atom is 0.243 e. The van der Waals surface area contributed by atoms with Crippen molar-refractivity contribution in [1.29, 1.82) is 0 Å². The van der Waals surface area contributed by atoms with E-state index in [2.05, 4.69) is 25.6 Å². The van der Waals surface area contributed by atoms with Gasteiger partial charge in [0.2, 0.25) is 10.0 Å². The number of benzene rings is 2. The van der Waals surface area contributed by atoms with Gasteiger partial charge in [0.25, 0.3) is 0 Å². The first-order chi connectivity index (χ1) is 10.9. The molecule has 0 unspecified atom stereocenters. The molecule has 0 atom stereocenters. The van der Waals surface area contributed by atoms with Crippen LogP contribution in [0.25, 0.3) is 10.2 Å². The zero-order valence-corrected chi connectivity index (χ0v) is 16.1. The number of hydrogen-bond acceptors (Lipinski definition) is 4. The molecule has 1 aromatic heterocycles. The van der Waals surface area contributed by atoms with Crippen molar-refractivity contribution < 1.29 is 8.42 Å². The Labute approximate surface area is 155 Å². The van der Waals surface area contributed by atoms with Crippen LogP contribution in [0, 0.1) is 0 Å². The van der Waals surface area contributed by atoms with E-state index in [0.29, 0.717) is 9.48 Å². The highest BCUT2D eigenvalue weighted by atomic mass is 79.9. The predicted molar refractivity (Wildman–Crippen MR) is 97.8 cm³/mol. The number of nitrogens with one attached hydrogen (secondary N) is 1. The van der Waals surface area contributed by atoms with Crippen LogP contribution < -0.4 is 4.72 Å². The molecule has 120 valence electrons. The topological polar surface area (TPSA) is 59.1 Å². The normalized spacial score (nSPS) is 12.0. The van der Waals surface area contributed by atoms with Crippen molar-refractivity contribution in [1.82, 2.24) is 9.71 Å². The summed E-state index contributed by atoms with van der Waals surface area (Å²) in [4.78, 5) is 4.25. The fourth-order valence-electron chi connectivity index (χ4n) is 2.01. The number of hydrogen-bond donors (Lipinski definition) is 1. The Bertz CT molecular complexity index is 933. The lowest BCUT2D eigenvalue weighted by Gasteiger charge is -2.09. The van der Waals surface area contributed by atoms with E-state index in [1.54, 1.807) is 0 Å². The van der Waals surface area contributed by atoms with E-state index in [4.69, 9.17) is 23.2 Å². The highest BCUT2D eigenvalue weighted by Crippen LogP contribution is 2.33. The summed E-state index contributed by atoms with van der Waals surface area (Å²) >= 11 is 16.7. The van der Waals surface area contributed by atoms with Gasteiger partial charge in [-0.05, 0) is 24.3 Å². The van der Waals surface area contributed by atoms with Crippen molar-refractivity contribution in [3.8, 4) is 0 Å². The Balaban J connectivity index is 1.87. The van der Waals surface area contributed by atoms with E-state index in [9.17, 15) is 8.42 Å². The molecule has 9 heteroatoms. The summed E-state index contributed by atoms with van der Waals surface area (Å²) in [7, 11) is -3.84. The molecular weight excluding hydrogens is 443 g/mol. The lowest BCUT2D eigenvalue weighted by atomic mass is 10.3. The Kier molecular flexibility index (Phi) is 4.96. The number of para-hydroxylation sites is 1. The SMILES string of the molecule is O=S(=O)(NCc1nc2ccccc2s1)c1c(Cl)cc(Br)cc1Cl. The largest absolute Gasteiger partial charge is 0.243 e. The van der Waals surface area contributed by atoms with Gasteiger partial charge in [-0.25, -0.2) is 18.1 Å². The number of rotatable bonds is 4. The standard InChI is InChI=1S/C14H9BrCl2N2O2S2/c15-8-5-9(16)14(10(17)6-8)23(20,21)18-7-13-19-11-3-1-2-4-12(11)22-13/h1-6,18H,7H2. The average molecular weight is 452 g/mol. The summed E-state index contributed by atoms with van der Waals surface area (Å²) in [5.41, 5.74) is 0.839. The summed E-state index contributed by atoms with van der Waals surface area (Å²) < 4.78 is 29.0. The lowest BCUT2D eigenvalue weighted by molar-refractivity contribution is 0.581. The van der Waals surface area contributed by atoms with E-state index in [-0.39, 0.29) is 21.5 Å². The van der Waals surface area contributed by atoms with Gasteiger partial charge in [0.15, 0.2) is 0 Å². The summed E-state index contributed by atoms with van der Waals surface area (Å²) in [6.45, 7) is 0.0738. The van der Waals surface area contributed by atoms with Crippen LogP contribution in [-0.4, -0.2) is 13.4 Å². The van der Waals surface area contributed by atoms with Crippen LogP contribution in [0.1, 0.15) is 5.01 Å². The maximum atomic E-state index is 12.5. The molecule has 1 heterocycles. The third-order valence-corrected chi connectivity index (χ3v) is 6.80. The second-order valence-electron chi connectivity index (χ2n) is 4.60. The minimum absolute atomic E-state index is 0.0566. The van der Waals surface area contributed by atoms with Crippen LogP contribution in [0.5, 0.6) is 0 Å². The Hall–Kier alpha value is -0.700. The monoisotopic (exact) mass is 450 g/mol. The van der Waals surface area contributed by atoms with Gasteiger partial charge in [-0.15, -0.1) is 11.3 Å². The molecule has 0 aliphatic heterocycles. The van der Waals surface area contributed by atoms with Crippen LogP contribution in [0.3, 0.4) is 0 Å². The van der Waals surface area contributed by atoms with Crippen molar-refractivity contribution in [2.75, 3.05) is 0 Å². The quantitative estimate of drug-likeness (QED) is 0.617. The number of nitrogens with zero attached hydrogens (tertiary/aromatic N) is 1. The molecule has 3 aromatic rings. The predicted octanol–water partition coefficient (Wildman–Crippen LogP) is 4.84. The van der Waals surface area contributed by atoms with Gasteiger partial charge >= 0.3 is 0 Å². The van der Waals surface area contributed by atoms with Crippen LogP contribution >= 0.6 is 50.5 Å². The molecule has 2 aromatic carbocycles. The van der Waals surface area contributed by atoms with Gasteiger partial charge in [-0.3, -0.25) is 0 Å². The van der Waals surface area contributed by atoms with E-state index in [0.717, 1.165) is 10.2 Å². The summed E-state index contributed by atoms with van der Waals surface area (Å²) in [5, 5.41) is 0.779. The van der Waals surface area contributed by atoms with Gasteiger partial charge in [0.05, 0.1) is 26.8 Å². The summed E-state index contributed by atoms with van der Waals surface area (Å²) in [6.07, 6.45) is 0. The van der Waals surface area contributed by atoms with E-state index in [1.807, 2.05) is 24.3 Å². The highest BCUT2D eigenvalue weighted by molar-refractivity contribution is 9.10. The number of sulfonamides is 1. The molecule has 23 heavy (non-hydrogen) atoms. The summed E-state index contributed by atoms with van der Waals surface area (Å²) in [5.74, 6) is 0. The minimum atomic E-state index is -3.84. The van der Waals surface area contributed by atoms with Crippen molar-refractivity contribution in [3.05, 3.63) is 55.9 Å². The van der Waals surface area contributed by atoms with Crippen LogP contribution in [-0.2, 0) is 16.6 Å². The van der Waals surface area contributed by atoms with E-state index >= 15 is 0 Å². The van der Waals surface area contributed by atoms with Gasteiger partial charge in [0.1, 0.15) is 9.90 Å². The first-order valence-corrected chi connectivity index (χ1v) is 10.2. The molecular formula is C14H9BrCl2N2O2S2. The maximum absolute atomic E-state index is 12.5. The third kappa shape index (κ3) is 3.70. The minimum Gasteiger partial charge on any atom is -0.240 e. The fraction of sp³-hybridized carbons (Fsp3) is 0.0714. The Morgan fingerprint density at radius 2 is 1.83 bits per heavy atom. The molecule has 0 bridgehead atoms. The number of aromatic nitrogens is 1. The van der Waals surface area contributed by atoms with Crippen LogP contribution in [0.15, 0.2) is 45.8 Å². The van der Waals surface area contributed by atoms with Gasteiger partial charge in [-0.2, -0.15) is 0 Å². The molecule has 0 fully saturated rings. The molecule has 0 saturated heterocycles. The van der Waals surface area contributed by atoms with Crippen LogP contribution in [0.2, 0.25) is 10.0 Å². The van der Waals surface area contributed by atoms with Gasteiger partial charge in [-0.1, -0.05) is 51.3 Å². The molecule has 0 radical (unpaired) electrons. The fourth-order valence-corrected chi connectivity index (χ4v) is 5.93. The molecule has 0 saturated carbocycles. The highest BCUT2D eigenvalue weighted by Gasteiger charge is 2.22. The first kappa shape index (κ1) is 17.1. The first-order valence-electron chi connectivity index (χ1n) is 6.35. The van der Waals surface area contributed by atoms with Crippen molar-refractivity contribution >= 4 is 70.7 Å². The molecule has 0 spiro atoms. The van der Waals surface area contributed by atoms with E-state index in [1.165, 1.54) is 23.5 Å². The van der Waals surface area contributed by atoms with Crippen molar-refractivity contribution in [2.45, 2.75) is 11.4 Å². The zero-order chi connectivity index (χ0) is 16.6. The van der Waals surface area contributed by atoms with Crippen molar-refractivity contribution in [2.24, 2.45) is 0 Å². The Morgan fingerprint density at radius 1 is 1.17 bits per heavy atom. The molecule has 0 aliphatic carbocycles. The summed E-state index contributed by atoms with van der Waals surface area (Å²) in [6, 6.07) is 10.6. The van der Waals surface area contributed by atoms with Crippen molar-refractivity contribution in [3.63, 3.8) is 0 Å². The second-order valence-corrected chi connectivity index (χ2v) is 9.15.